The Morgan fingerprint density at radius 3 is 2.22 bits per heavy atom. The average Bonchev–Trinajstić information content (AvgIpc) is 1.26. The number of Topliss-reactive ketones (excluding diaryl/α,β-unsaturated/α-hetero) is 2. The molecule has 2 bridgehead atoms. The van der Waals surface area contributed by atoms with Crippen LogP contribution in [0.25, 0.3) is 33.4 Å². The Labute approximate surface area is 774 Å². The fourth-order valence-corrected chi connectivity index (χ4v) is 19.3. The number of cyclic esters (lactones) is 1. The number of hydrogen-bond acceptors (Lipinski definition) is 32. The molecule has 132 heavy (non-hydrogen) atoms. The number of nitrogens with two attached hydrogens (primary N) is 3. The van der Waals surface area contributed by atoms with Gasteiger partial charge >= 0.3 is 5.97 Å². The normalized spacial score (nSPS) is 27.8. The van der Waals surface area contributed by atoms with Gasteiger partial charge in [-0.05, 0) is 155 Å². The molecule has 5 fully saturated rings. The summed E-state index contributed by atoms with van der Waals surface area (Å²) in [5, 5.41) is 55.8. The maximum Gasteiger partial charge on any atom is 0.329 e. The first-order chi connectivity index (χ1) is 63.5. The minimum atomic E-state index is -2.50. The SMILES string of the molecule is CO[C@H]1C[C@@H]2CC[C@@H](C)[C@@](O)(O2)C(=O)C(=O)N2CCCC[C@H]2C(=O)O[C@H]([C@H](N)C[C@@H]2CC[C@@H](OC(=S)NCc3cnc(N4CCN(C(=O)CCOCCN5CCN(c6ncc(C(=O)N7CCc8cc(Cn9nc(-c%10ccc%11oc(N)nc%11c%10)c%10c(N)ncnc%109)ccc8C7)cn6)CC5)CC4)nc3)[C@H](OC)C2)C[C@@H](O)[C@H](C)/C=C(\C)[C@@H](O)[C@@H](O)C(=O)[C@H](C)C[C@H](C)/C=C/C=CC=C1C. The average molecular weight is 1840 g/mol. The maximum atomic E-state index is 14.8. The van der Waals surface area contributed by atoms with Gasteiger partial charge in [-0.3, -0.25) is 28.9 Å². The summed E-state index contributed by atoms with van der Waals surface area (Å²) in [6.45, 7) is 18.8. The molecular weight excluding hydrogens is 1710 g/mol. The highest BCUT2D eigenvalue weighted by Crippen LogP contribution is 2.40. The maximum absolute atomic E-state index is 14.8. The lowest BCUT2D eigenvalue weighted by Crippen LogP contribution is -2.61. The van der Waals surface area contributed by atoms with Crippen LogP contribution >= 0.6 is 12.2 Å². The summed E-state index contributed by atoms with van der Waals surface area (Å²) in [5.41, 5.74) is 28.1. The summed E-state index contributed by atoms with van der Waals surface area (Å²) < 4.78 is 44.1. The van der Waals surface area contributed by atoms with Crippen molar-refractivity contribution in [2.45, 2.75) is 218 Å². The first-order valence-electron chi connectivity index (χ1n) is 46.2. The molecule has 0 spiro atoms. The van der Waals surface area contributed by atoms with E-state index in [0.29, 0.717) is 194 Å². The molecule has 16 atom stereocenters. The molecule has 14 rings (SSSR count). The van der Waals surface area contributed by atoms with E-state index in [0.717, 1.165) is 51.4 Å². The molecule has 0 unspecified atom stereocenters. The molecule has 0 radical (unpaired) electrons. The number of esters is 1. The van der Waals surface area contributed by atoms with Crippen LogP contribution in [0.3, 0.4) is 0 Å². The van der Waals surface area contributed by atoms with Gasteiger partial charge in [-0.25, -0.2) is 39.4 Å². The van der Waals surface area contributed by atoms with Crippen LogP contribution in [0.5, 0.6) is 0 Å². The van der Waals surface area contributed by atoms with Gasteiger partial charge in [0, 0.05) is 172 Å². The number of nitrogens with zero attached hydrogens (tertiary/aromatic N) is 15. The van der Waals surface area contributed by atoms with Gasteiger partial charge in [0.05, 0.1) is 61.5 Å². The molecule has 710 valence electrons. The topological polar surface area (TPSA) is 469 Å². The lowest BCUT2D eigenvalue weighted by atomic mass is 9.80. The van der Waals surface area contributed by atoms with Crippen molar-refractivity contribution in [3.05, 3.63) is 143 Å². The van der Waals surface area contributed by atoms with Gasteiger partial charge in [0.15, 0.2) is 17.0 Å². The van der Waals surface area contributed by atoms with Crippen LogP contribution in [0.1, 0.15) is 158 Å². The highest BCUT2D eigenvalue weighted by Gasteiger charge is 2.53. The van der Waals surface area contributed by atoms with Crippen LogP contribution in [-0.2, 0) is 78.4 Å². The van der Waals surface area contributed by atoms with Crippen LogP contribution in [0.2, 0.25) is 0 Å². The molecule has 36 nitrogen and oxygen atoms in total. The highest BCUT2D eigenvalue weighted by atomic mass is 32.1. The minimum Gasteiger partial charge on any atom is -0.465 e. The predicted molar refractivity (Wildman–Crippen MR) is 497 cm³/mol. The number of aromatic nitrogens is 9. The predicted octanol–water partition coefficient (Wildman–Crippen LogP) is 6.93. The molecule has 5 aromatic heterocycles. The number of thiocarbonyl (C=S) groups is 1. The van der Waals surface area contributed by atoms with Crippen molar-refractivity contribution in [1.82, 2.24) is 69.6 Å². The molecule has 6 aliphatic heterocycles. The molecule has 11 heterocycles. The zero-order chi connectivity index (χ0) is 93.6. The number of anilines is 4. The number of piperidine rings is 1. The van der Waals surface area contributed by atoms with Crippen LogP contribution in [0.15, 0.2) is 120 Å². The molecule has 3 amide bonds. The number of allylic oxidation sites excluding steroid dienone is 5. The Kier molecular flexibility index (Phi) is 32.8. The number of ether oxygens (including phenoxy) is 6. The molecule has 4 saturated heterocycles. The Balaban J connectivity index is 0.496. The van der Waals surface area contributed by atoms with E-state index in [1.54, 1.807) is 78.8 Å². The van der Waals surface area contributed by atoms with E-state index in [2.05, 4.69) is 68.2 Å². The van der Waals surface area contributed by atoms with E-state index >= 15 is 0 Å². The van der Waals surface area contributed by atoms with Crippen molar-refractivity contribution in [3.63, 3.8) is 0 Å². The number of nitrogens with one attached hydrogen (secondary N) is 1. The van der Waals surface area contributed by atoms with Crippen LogP contribution in [0.4, 0.5) is 23.7 Å². The second kappa shape index (κ2) is 44.4. The van der Waals surface area contributed by atoms with E-state index < -0.39 is 108 Å². The Morgan fingerprint density at radius 2 is 1.48 bits per heavy atom. The third-order valence-electron chi connectivity index (χ3n) is 27.1. The summed E-state index contributed by atoms with van der Waals surface area (Å²) in [6.07, 6.45) is 16.7. The summed E-state index contributed by atoms with van der Waals surface area (Å²) in [6, 6.07) is 9.78. The zero-order valence-electron chi connectivity index (χ0n) is 76.6. The number of fused-ring (bicyclic) bond motifs is 6. The summed E-state index contributed by atoms with van der Waals surface area (Å²) in [4.78, 5) is 128. The fraction of sp³-hybridized carbons (Fsp3) is 0.568. The number of ketones is 2. The number of benzene rings is 2. The summed E-state index contributed by atoms with van der Waals surface area (Å²) >= 11 is 5.73. The molecule has 1 aliphatic carbocycles. The fourth-order valence-electron chi connectivity index (χ4n) is 19.1. The number of nitrogen functional groups attached to an aromatic ring is 2. The number of hydrogen-bond donors (Lipinski definition) is 8. The second-order valence-electron chi connectivity index (χ2n) is 36.5. The molecule has 7 aromatic rings. The number of piperazine rings is 2. The first kappa shape index (κ1) is 97.3. The van der Waals surface area contributed by atoms with Crippen LogP contribution in [-0.4, -0.2) is 291 Å². The first-order valence-corrected chi connectivity index (χ1v) is 46.6. The largest absolute Gasteiger partial charge is 0.465 e. The summed E-state index contributed by atoms with van der Waals surface area (Å²) in [7, 11) is 3.15. The van der Waals surface area contributed by atoms with Crippen molar-refractivity contribution < 1.29 is 82.0 Å². The number of oxazole rings is 1. The molecule has 11 N–H and O–H groups in total. The number of aliphatic hydroxyl groups is 4. The summed E-state index contributed by atoms with van der Waals surface area (Å²) in [5.74, 6) is -7.05. The molecular formula is C95H127N19O17S. The third-order valence-corrected chi connectivity index (χ3v) is 27.4. The smallest absolute Gasteiger partial charge is 0.329 e. The van der Waals surface area contributed by atoms with E-state index in [1.165, 1.54) is 6.33 Å². The van der Waals surface area contributed by atoms with Gasteiger partial charge in [-0.1, -0.05) is 82.4 Å². The zero-order valence-corrected chi connectivity index (χ0v) is 77.4. The van der Waals surface area contributed by atoms with Crippen molar-refractivity contribution in [2.24, 2.45) is 35.3 Å². The van der Waals surface area contributed by atoms with Gasteiger partial charge in [0.2, 0.25) is 23.6 Å². The van der Waals surface area contributed by atoms with Crippen LogP contribution in [0, 0.1) is 29.6 Å². The Morgan fingerprint density at radius 1 is 0.735 bits per heavy atom. The monoisotopic (exact) mass is 1840 g/mol. The number of carbonyl (C=O) groups is 6. The van der Waals surface area contributed by atoms with E-state index in [1.807, 2.05) is 75.7 Å². The minimum absolute atomic E-state index is 0.0228. The van der Waals surface area contributed by atoms with Crippen molar-refractivity contribution in [1.29, 1.82) is 0 Å². The van der Waals surface area contributed by atoms with Crippen molar-refractivity contribution in [2.75, 3.05) is 121 Å². The van der Waals surface area contributed by atoms with E-state index in [-0.39, 0.29) is 79.2 Å². The van der Waals surface area contributed by atoms with Crippen molar-refractivity contribution >= 4 is 98.5 Å². The number of rotatable bonds is 20. The molecule has 7 aliphatic rings. The number of amides is 3. The van der Waals surface area contributed by atoms with Gasteiger partial charge in [0.1, 0.15) is 53.8 Å². The quantitative estimate of drug-likeness (QED) is 0.0126. The van der Waals surface area contributed by atoms with Crippen molar-refractivity contribution in [3.8, 4) is 11.3 Å². The lowest BCUT2D eigenvalue weighted by molar-refractivity contribution is -0.265. The van der Waals surface area contributed by atoms with E-state index in [4.69, 9.17) is 67.4 Å². The third kappa shape index (κ3) is 23.7. The molecule has 37 heteroatoms. The van der Waals surface area contributed by atoms with Gasteiger partial charge < -0.3 is 100 Å². The van der Waals surface area contributed by atoms with Gasteiger partial charge in [-0.15, -0.1) is 0 Å². The van der Waals surface area contributed by atoms with E-state index in [9.17, 15) is 49.2 Å². The Bertz CT molecular complexity index is 5330. The number of aliphatic hydroxyl groups excluding tert-OH is 3. The highest BCUT2D eigenvalue weighted by molar-refractivity contribution is 7.80. The van der Waals surface area contributed by atoms with Gasteiger partial charge in [-0.2, -0.15) is 10.1 Å². The second-order valence-corrected chi connectivity index (χ2v) is 36.9. The Hall–Kier alpha value is -10.7. The molecule has 2 aromatic carbocycles. The van der Waals surface area contributed by atoms with Gasteiger partial charge in [0.25, 0.3) is 28.8 Å². The number of carbonyl (C=O) groups excluding carboxylic acids is 6. The molecule has 1 saturated carbocycles. The lowest BCUT2D eigenvalue weighted by Gasteiger charge is -2.43. The number of methoxy groups -OCH3 is 2. The standard InChI is InChI=1S/C95H127N19O17S/c1-56-14-10-9-11-15-57(2)76(125-7)46-69-22-17-61(6)95(124,131-69)85(120)89(122)113-27-13-12-16-72(113)90(123)128-77(47-73(115)58(3)41-60(5)83(118)84(119)82(117)59(4)40-56)70(96)43-62-19-23-75(78(44-62)126-8)130-94(132)103-50-64-48-99-92(100-49-64)111-35-33-109(34-36-111)79(116)26-38-127-39-37-108-29-31-110(32-30-108)93-101-51-68(52-102-93)88(121)112-28-25-65-42-63(18-20-67(65)54-112)53-114-87-80(86(97)104-55-105-87)81(107-114)66-21-24-74-71(45-66)106-91(98)129-74/h9-11,14-15,18,20-21,24,41-42,45,48-49,51-52,55-56,58-59,61-62,69-70,72-73,75-78,83-84,115,118-119,124H,12-13,16-17,19,22-23,25-40,43-44,46-47,50,53-54,96H2,1-8H3,(H2,98,106)(H,103,132)(H2,97,104,105)/b11-9?,14-10+,57-15?,60-41+/t56-,58-,59-,61-,62+,69+,70-,72+,73-,75-,76+,77+,78-,83-,84+,95-/m1/s1. The van der Waals surface area contributed by atoms with Crippen LogP contribution < -0.4 is 32.3 Å².